The van der Waals surface area contributed by atoms with Crippen molar-refractivity contribution in [2.24, 2.45) is 0 Å². The van der Waals surface area contributed by atoms with Gasteiger partial charge in [-0.25, -0.2) is 8.42 Å². The molecule has 1 amide bonds. The zero-order valence-electron chi connectivity index (χ0n) is 8.23. The molecule has 0 saturated carbocycles. The average molecular weight is 228 g/mol. The summed E-state index contributed by atoms with van der Waals surface area (Å²) in [7, 11) is -3.48. The van der Waals surface area contributed by atoms with Crippen LogP contribution in [-0.4, -0.2) is 20.6 Å². The van der Waals surface area contributed by atoms with Gasteiger partial charge in [-0.15, -0.1) is 0 Å². The Hall–Kier alpha value is -1.56. The van der Waals surface area contributed by atoms with Gasteiger partial charge in [0, 0.05) is 5.69 Å². The Balaban J connectivity index is 2.63. The topological polar surface area (TPSA) is 89.3 Å². The highest BCUT2D eigenvalue weighted by atomic mass is 32.2. The zero-order valence-corrected chi connectivity index (χ0v) is 9.04. The maximum Gasteiger partial charge on any atom is 0.237 e. The fraction of sp³-hybridized carbons (Fsp3) is 0.222. The van der Waals surface area contributed by atoms with Gasteiger partial charge in [0.1, 0.15) is 0 Å². The highest BCUT2D eigenvalue weighted by molar-refractivity contribution is 7.89. The van der Waals surface area contributed by atoms with Crippen molar-refractivity contribution < 1.29 is 13.2 Å². The SMILES string of the molecule is CS(=O)(=O)NC(=O)Cc1ccc(N)cc1. The van der Waals surface area contributed by atoms with Gasteiger partial charge in [-0.05, 0) is 17.7 Å². The van der Waals surface area contributed by atoms with Crippen LogP contribution in [0.4, 0.5) is 5.69 Å². The molecule has 0 heterocycles. The van der Waals surface area contributed by atoms with E-state index in [9.17, 15) is 13.2 Å². The van der Waals surface area contributed by atoms with E-state index in [2.05, 4.69) is 0 Å². The van der Waals surface area contributed by atoms with Crippen molar-refractivity contribution in [3.8, 4) is 0 Å². The van der Waals surface area contributed by atoms with Gasteiger partial charge in [0.2, 0.25) is 15.9 Å². The maximum absolute atomic E-state index is 11.2. The van der Waals surface area contributed by atoms with Gasteiger partial charge >= 0.3 is 0 Å². The minimum atomic E-state index is -3.48. The number of amides is 1. The molecule has 5 nitrogen and oxygen atoms in total. The number of nitrogen functional groups attached to an aromatic ring is 1. The first kappa shape index (κ1) is 11.5. The molecule has 0 atom stereocenters. The Morgan fingerprint density at radius 2 is 1.87 bits per heavy atom. The number of carbonyl (C=O) groups excluding carboxylic acids is 1. The molecule has 82 valence electrons. The molecule has 1 rings (SSSR count). The Bertz CT molecular complexity index is 451. The molecule has 0 spiro atoms. The maximum atomic E-state index is 11.2. The molecule has 15 heavy (non-hydrogen) atoms. The normalized spacial score (nSPS) is 11.0. The summed E-state index contributed by atoms with van der Waals surface area (Å²) in [6.45, 7) is 0. The van der Waals surface area contributed by atoms with Crippen LogP contribution in [0.25, 0.3) is 0 Å². The summed E-state index contributed by atoms with van der Waals surface area (Å²) in [6.07, 6.45) is 0.960. The second-order valence-electron chi connectivity index (χ2n) is 3.22. The number of hydrogen-bond donors (Lipinski definition) is 2. The van der Waals surface area contributed by atoms with Crippen molar-refractivity contribution in [1.82, 2.24) is 4.72 Å². The molecule has 6 heteroatoms. The molecule has 0 saturated heterocycles. The van der Waals surface area contributed by atoms with Crippen LogP contribution < -0.4 is 10.5 Å². The number of benzene rings is 1. The monoisotopic (exact) mass is 228 g/mol. The lowest BCUT2D eigenvalue weighted by Gasteiger charge is -2.02. The lowest BCUT2D eigenvalue weighted by Crippen LogP contribution is -2.30. The molecule has 0 aliphatic rings. The molecule has 0 aliphatic carbocycles. The van der Waals surface area contributed by atoms with Crippen LogP contribution in [0.3, 0.4) is 0 Å². The second kappa shape index (κ2) is 4.31. The standard InChI is InChI=1S/C9H12N2O3S/c1-15(13,14)11-9(12)6-7-2-4-8(10)5-3-7/h2-5H,6,10H2,1H3,(H,11,12). The molecule has 0 radical (unpaired) electrons. The van der Waals surface area contributed by atoms with Crippen molar-refractivity contribution in [3.05, 3.63) is 29.8 Å². The summed E-state index contributed by atoms with van der Waals surface area (Å²) >= 11 is 0. The van der Waals surface area contributed by atoms with E-state index in [0.29, 0.717) is 11.3 Å². The van der Waals surface area contributed by atoms with Gasteiger partial charge in [-0.1, -0.05) is 12.1 Å². The van der Waals surface area contributed by atoms with Crippen molar-refractivity contribution in [3.63, 3.8) is 0 Å². The Labute approximate surface area is 88.3 Å². The number of nitrogens with two attached hydrogens (primary N) is 1. The predicted molar refractivity (Wildman–Crippen MR) is 57.5 cm³/mol. The van der Waals surface area contributed by atoms with Crippen LogP contribution in [0, 0.1) is 0 Å². The lowest BCUT2D eigenvalue weighted by molar-refractivity contribution is -0.118. The molecule has 0 fully saturated rings. The first-order chi connectivity index (χ1) is 6.87. The summed E-state index contributed by atoms with van der Waals surface area (Å²) in [5, 5.41) is 0. The number of nitrogens with one attached hydrogen (secondary N) is 1. The van der Waals surface area contributed by atoms with Crippen LogP contribution in [0.5, 0.6) is 0 Å². The van der Waals surface area contributed by atoms with Crippen molar-refractivity contribution in [1.29, 1.82) is 0 Å². The molecular formula is C9H12N2O3S. The molecule has 1 aromatic carbocycles. The quantitative estimate of drug-likeness (QED) is 0.706. The lowest BCUT2D eigenvalue weighted by atomic mass is 10.1. The molecule has 3 N–H and O–H groups in total. The highest BCUT2D eigenvalue weighted by Gasteiger charge is 2.08. The van der Waals surface area contributed by atoms with Gasteiger partial charge < -0.3 is 5.73 Å². The third-order valence-electron chi connectivity index (χ3n) is 1.64. The Morgan fingerprint density at radius 3 is 2.33 bits per heavy atom. The fourth-order valence-electron chi connectivity index (χ4n) is 1.06. The number of carbonyl (C=O) groups is 1. The summed E-state index contributed by atoms with van der Waals surface area (Å²) in [4.78, 5) is 11.2. The highest BCUT2D eigenvalue weighted by Crippen LogP contribution is 2.05. The molecule has 0 bridgehead atoms. The van der Waals surface area contributed by atoms with E-state index in [1.54, 1.807) is 24.3 Å². The van der Waals surface area contributed by atoms with Crippen LogP contribution in [0.1, 0.15) is 5.56 Å². The molecule has 0 unspecified atom stereocenters. The predicted octanol–water partition coefficient (Wildman–Crippen LogP) is -0.113. The first-order valence-electron chi connectivity index (χ1n) is 4.22. The average Bonchev–Trinajstić information content (AvgIpc) is 2.05. The van der Waals surface area contributed by atoms with Gasteiger partial charge in [0.15, 0.2) is 0 Å². The van der Waals surface area contributed by atoms with Gasteiger partial charge in [0.25, 0.3) is 0 Å². The summed E-state index contributed by atoms with van der Waals surface area (Å²) < 4.78 is 23.4. The third-order valence-corrected chi connectivity index (χ3v) is 2.24. The fourth-order valence-corrected chi connectivity index (χ4v) is 1.55. The molecular weight excluding hydrogens is 216 g/mol. The van der Waals surface area contributed by atoms with E-state index in [0.717, 1.165) is 6.26 Å². The Kier molecular flexibility index (Phi) is 3.31. The van der Waals surface area contributed by atoms with Crippen LogP contribution in [-0.2, 0) is 21.2 Å². The van der Waals surface area contributed by atoms with Gasteiger partial charge in [0.05, 0.1) is 12.7 Å². The van der Waals surface area contributed by atoms with Crippen molar-refractivity contribution in [2.75, 3.05) is 12.0 Å². The van der Waals surface area contributed by atoms with Crippen molar-refractivity contribution in [2.45, 2.75) is 6.42 Å². The minimum Gasteiger partial charge on any atom is -0.399 e. The third kappa shape index (κ3) is 4.46. The van der Waals surface area contributed by atoms with E-state index >= 15 is 0 Å². The second-order valence-corrected chi connectivity index (χ2v) is 4.96. The van der Waals surface area contributed by atoms with E-state index in [1.165, 1.54) is 0 Å². The molecule has 0 aliphatic heterocycles. The number of anilines is 1. The number of hydrogen-bond acceptors (Lipinski definition) is 4. The number of rotatable bonds is 3. The number of sulfonamides is 1. The summed E-state index contributed by atoms with van der Waals surface area (Å²) in [5.74, 6) is -0.553. The van der Waals surface area contributed by atoms with E-state index in [4.69, 9.17) is 5.73 Å². The van der Waals surface area contributed by atoms with Crippen LogP contribution in [0.2, 0.25) is 0 Å². The zero-order chi connectivity index (χ0) is 11.5. The largest absolute Gasteiger partial charge is 0.399 e. The van der Waals surface area contributed by atoms with E-state index < -0.39 is 15.9 Å². The van der Waals surface area contributed by atoms with Crippen molar-refractivity contribution >= 4 is 21.6 Å². The molecule has 1 aromatic rings. The molecule has 0 aromatic heterocycles. The summed E-state index contributed by atoms with van der Waals surface area (Å²) in [5.41, 5.74) is 6.78. The Morgan fingerprint density at radius 1 is 1.33 bits per heavy atom. The van der Waals surface area contributed by atoms with Gasteiger partial charge in [-0.3, -0.25) is 9.52 Å². The van der Waals surface area contributed by atoms with Crippen LogP contribution in [0.15, 0.2) is 24.3 Å². The van der Waals surface area contributed by atoms with E-state index in [1.807, 2.05) is 4.72 Å². The smallest absolute Gasteiger partial charge is 0.237 e. The summed E-state index contributed by atoms with van der Waals surface area (Å²) in [6, 6.07) is 6.67. The van der Waals surface area contributed by atoms with E-state index in [-0.39, 0.29) is 6.42 Å². The van der Waals surface area contributed by atoms with Gasteiger partial charge in [-0.2, -0.15) is 0 Å². The minimum absolute atomic E-state index is 0.0212. The first-order valence-corrected chi connectivity index (χ1v) is 6.11. The van der Waals surface area contributed by atoms with Crippen LogP contribution >= 0.6 is 0 Å².